The van der Waals surface area contributed by atoms with Crippen LogP contribution in [0.3, 0.4) is 0 Å². The van der Waals surface area contributed by atoms with Gasteiger partial charge in [-0.2, -0.15) is 0 Å². The number of nitrogens with zero attached hydrogens (tertiary/aromatic N) is 4. The molecule has 29 heavy (non-hydrogen) atoms. The Kier molecular flexibility index (Phi) is 5.53. The van der Waals surface area contributed by atoms with Crippen LogP contribution in [0.4, 0.5) is 0 Å². The summed E-state index contributed by atoms with van der Waals surface area (Å²) >= 11 is 0. The summed E-state index contributed by atoms with van der Waals surface area (Å²) in [7, 11) is 0. The van der Waals surface area contributed by atoms with Crippen molar-refractivity contribution in [2.75, 3.05) is 0 Å². The van der Waals surface area contributed by atoms with E-state index in [0.717, 1.165) is 17.7 Å². The summed E-state index contributed by atoms with van der Waals surface area (Å²) in [5.74, 6) is 1.66. The van der Waals surface area contributed by atoms with Crippen LogP contribution in [0, 0.1) is 6.92 Å². The lowest BCUT2D eigenvalue weighted by molar-refractivity contribution is 0.184. The van der Waals surface area contributed by atoms with Crippen LogP contribution in [0.25, 0.3) is 22.7 Å². The van der Waals surface area contributed by atoms with E-state index in [4.69, 9.17) is 8.94 Å². The van der Waals surface area contributed by atoms with Gasteiger partial charge in [-0.3, -0.25) is 4.90 Å². The molecule has 0 atom stereocenters. The lowest BCUT2D eigenvalue weighted by Crippen LogP contribution is -2.29. The normalized spacial score (nSPS) is 11.5. The largest absolute Gasteiger partial charge is 0.419 e. The summed E-state index contributed by atoms with van der Waals surface area (Å²) in [5.41, 5.74) is 3.66. The first kappa shape index (κ1) is 19.1. The van der Waals surface area contributed by atoms with Crippen molar-refractivity contribution in [2.24, 2.45) is 0 Å². The van der Waals surface area contributed by atoms with E-state index in [1.165, 1.54) is 5.56 Å². The van der Waals surface area contributed by atoms with Gasteiger partial charge in [0.05, 0.1) is 6.54 Å². The molecule has 0 spiro atoms. The molecule has 2 aromatic carbocycles. The third-order valence-corrected chi connectivity index (χ3v) is 4.89. The third-order valence-electron chi connectivity index (χ3n) is 4.89. The molecule has 0 aliphatic heterocycles. The molecule has 6 nitrogen and oxygen atoms in total. The Labute approximate surface area is 170 Å². The molecule has 148 valence electrons. The van der Waals surface area contributed by atoms with Crippen molar-refractivity contribution in [2.45, 2.75) is 39.9 Å². The highest BCUT2D eigenvalue weighted by Crippen LogP contribution is 2.33. The van der Waals surface area contributed by atoms with Crippen LogP contribution in [0.5, 0.6) is 0 Å². The van der Waals surface area contributed by atoms with E-state index in [2.05, 4.69) is 58.4 Å². The molecule has 0 aliphatic carbocycles. The predicted molar refractivity (Wildman–Crippen MR) is 111 cm³/mol. The fourth-order valence-electron chi connectivity index (χ4n) is 3.25. The Morgan fingerprint density at radius 3 is 2.28 bits per heavy atom. The number of benzene rings is 2. The summed E-state index contributed by atoms with van der Waals surface area (Å²) in [6.07, 6.45) is 0. The quantitative estimate of drug-likeness (QED) is 0.438. The van der Waals surface area contributed by atoms with Gasteiger partial charge in [-0.25, -0.2) is 0 Å². The van der Waals surface area contributed by atoms with Gasteiger partial charge in [0, 0.05) is 18.2 Å². The van der Waals surface area contributed by atoms with E-state index in [-0.39, 0.29) is 0 Å². The van der Waals surface area contributed by atoms with Crippen molar-refractivity contribution in [3.8, 4) is 22.7 Å². The van der Waals surface area contributed by atoms with Crippen molar-refractivity contribution >= 4 is 0 Å². The third kappa shape index (κ3) is 4.27. The van der Waals surface area contributed by atoms with Gasteiger partial charge in [0.1, 0.15) is 17.0 Å². The zero-order chi connectivity index (χ0) is 20.2. The van der Waals surface area contributed by atoms with Crippen LogP contribution >= 0.6 is 0 Å². The minimum Gasteiger partial charge on any atom is -0.419 e. The standard InChI is InChI=1S/C23H24N4O2/c1-16(2)27(14-18-10-6-4-7-11-18)15-20-24-25-23(28-20)21-17(3)29-26-22(21)19-12-8-5-9-13-19/h4-13,16H,14-15H2,1-3H3. The monoisotopic (exact) mass is 388 g/mol. The molecule has 0 saturated carbocycles. The van der Waals surface area contributed by atoms with Crippen LogP contribution in [-0.4, -0.2) is 26.3 Å². The Hall–Kier alpha value is -3.25. The molecule has 0 radical (unpaired) electrons. The van der Waals surface area contributed by atoms with E-state index in [0.29, 0.717) is 35.8 Å². The maximum Gasteiger partial charge on any atom is 0.253 e. The van der Waals surface area contributed by atoms with E-state index < -0.39 is 0 Å². The molecule has 2 heterocycles. The molecule has 0 bridgehead atoms. The fraction of sp³-hybridized carbons (Fsp3) is 0.261. The lowest BCUT2D eigenvalue weighted by Gasteiger charge is -2.24. The number of aromatic nitrogens is 3. The van der Waals surface area contributed by atoms with E-state index in [9.17, 15) is 0 Å². The van der Waals surface area contributed by atoms with Gasteiger partial charge in [0.2, 0.25) is 5.89 Å². The van der Waals surface area contributed by atoms with Gasteiger partial charge in [0.15, 0.2) is 0 Å². The molecule has 0 unspecified atom stereocenters. The molecule has 0 fully saturated rings. The molecule has 0 saturated heterocycles. The smallest absolute Gasteiger partial charge is 0.253 e. The van der Waals surface area contributed by atoms with Gasteiger partial charge < -0.3 is 8.94 Å². The second-order valence-corrected chi connectivity index (χ2v) is 7.31. The lowest BCUT2D eigenvalue weighted by atomic mass is 10.1. The number of hydrogen-bond donors (Lipinski definition) is 0. The van der Waals surface area contributed by atoms with Gasteiger partial charge in [-0.05, 0) is 26.3 Å². The number of aryl methyl sites for hydroxylation is 1. The molecule has 4 rings (SSSR count). The highest BCUT2D eigenvalue weighted by atomic mass is 16.5. The fourth-order valence-corrected chi connectivity index (χ4v) is 3.25. The van der Waals surface area contributed by atoms with Crippen LogP contribution in [0.15, 0.2) is 69.6 Å². The molecule has 4 aromatic rings. The average molecular weight is 388 g/mol. The van der Waals surface area contributed by atoms with Crippen molar-refractivity contribution in [3.05, 3.63) is 77.9 Å². The van der Waals surface area contributed by atoms with Crippen LogP contribution in [0.1, 0.15) is 31.1 Å². The summed E-state index contributed by atoms with van der Waals surface area (Å²) in [6, 6.07) is 20.6. The molecular formula is C23H24N4O2. The zero-order valence-electron chi connectivity index (χ0n) is 16.9. The predicted octanol–water partition coefficient (Wildman–Crippen LogP) is 5.11. The number of rotatable bonds is 7. The number of hydrogen-bond acceptors (Lipinski definition) is 6. The molecule has 0 N–H and O–H groups in total. The van der Waals surface area contributed by atoms with Crippen LogP contribution < -0.4 is 0 Å². The first-order valence-electron chi connectivity index (χ1n) is 9.74. The minimum atomic E-state index is 0.336. The second kappa shape index (κ2) is 8.41. The van der Waals surface area contributed by atoms with E-state index >= 15 is 0 Å². The summed E-state index contributed by atoms with van der Waals surface area (Å²) in [6.45, 7) is 7.58. The maximum absolute atomic E-state index is 6.03. The highest BCUT2D eigenvalue weighted by molar-refractivity contribution is 5.77. The van der Waals surface area contributed by atoms with Gasteiger partial charge >= 0.3 is 0 Å². The summed E-state index contributed by atoms with van der Waals surface area (Å²) in [5, 5.41) is 12.8. The van der Waals surface area contributed by atoms with Gasteiger partial charge in [0.25, 0.3) is 5.89 Å². The SMILES string of the molecule is Cc1onc(-c2ccccc2)c1-c1nnc(CN(Cc2ccccc2)C(C)C)o1. The molecule has 6 heteroatoms. The van der Waals surface area contributed by atoms with Crippen LogP contribution in [0.2, 0.25) is 0 Å². The zero-order valence-corrected chi connectivity index (χ0v) is 16.9. The van der Waals surface area contributed by atoms with Gasteiger partial charge in [-0.15, -0.1) is 10.2 Å². The molecule has 0 aliphatic rings. The van der Waals surface area contributed by atoms with Crippen LogP contribution in [-0.2, 0) is 13.1 Å². The van der Waals surface area contributed by atoms with Crippen molar-refractivity contribution in [1.29, 1.82) is 0 Å². The minimum absolute atomic E-state index is 0.336. The van der Waals surface area contributed by atoms with Crippen molar-refractivity contribution in [1.82, 2.24) is 20.3 Å². The topological polar surface area (TPSA) is 68.2 Å². The summed E-state index contributed by atoms with van der Waals surface area (Å²) in [4.78, 5) is 2.30. The van der Waals surface area contributed by atoms with E-state index in [1.807, 2.05) is 43.3 Å². The Morgan fingerprint density at radius 1 is 0.897 bits per heavy atom. The maximum atomic E-state index is 6.03. The molecule has 0 amide bonds. The van der Waals surface area contributed by atoms with E-state index in [1.54, 1.807) is 0 Å². The van der Waals surface area contributed by atoms with Gasteiger partial charge in [-0.1, -0.05) is 65.8 Å². The first-order valence-corrected chi connectivity index (χ1v) is 9.74. The Morgan fingerprint density at radius 2 is 1.59 bits per heavy atom. The average Bonchev–Trinajstić information content (AvgIpc) is 3.35. The van der Waals surface area contributed by atoms with Crippen molar-refractivity contribution in [3.63, 3.8) is 0 Å². The Bertz CT molecular complexity index is 1050. The summed E-state index contributed by atoms with van der Waals surface area (Å²) < 4.78 is 11.4. The Balaban J connectivity index is 1.58. The molecule has 2 aromatic heterocycles. The second-order valence-electron chi connectivity index (χ2n) is 7.31. The first-order chi connectivity index (χ1) is 14.1. The van der Waals surface area contributed by atoms with Crippen molar-refractivity contribution < 1.29 is 8.94 Å². The highest BCUT2D eigenvalue weighted by Gasteiger charge is 2.23. The molecular weight excluding hydrogens is 364 g/mol.